The standard InChI is InChI=1S/C14H19N3O2/c15-9-11-5-6-12(17-11)13(18)16-10-14(19)7-3-1-2-4-8-14/h5-6,17,19H,1-4,7-8,10H2,(H,16,18). The lowest BCUT2D eigenvalue weighted by molar-refractivity contribution is 0.0246. The molecule has 0 aliphatic heterocycles. The molecule has 1 aromatic rings. The Kier molecular flexibility index (Phi) is 4.23. The van der Waals surface area contributed by atoms with Crippen LogP contribution in [0.4, 0.5) is 0 Å². The summed E-state index contributed by atoms with van der Waals surface area (Å²) in [5.74, 6) is -0.279. The Hall–Kier alpha value is -1.80. The molecule has 1 amide bonds. The summed E-state index contributed by atoms with van der Waals surface area (Å²) in [5, 5.41) is 21.9. The molecule has 5 heteroatoms. The van der Waals surface area contributed by atoms with E-state index in [4.69, 9.17) is 5.26 Å². The van der Waals surface area contributed by atoms with Crippen LogP contribution in [0.25, 0.3) is 0 Å². The van der Waals surface area contributed by atoms with Crippen molar-refractivity contribution in [3.8, 4) is 6.07 Å². The minimum Gasteiger partial charge on any atom is -0.388 e. The lowest BCUT2D eigenvalue weighted by Crippen LogP contribution is -2.42. The number of hydrogen-bond acceptors (Lipinski definition) is 3. The largest absolute Gasteiger partial charge is 0.388 e. The van der Waals surface area contributed by atoms with Crippen LogP contribution in [0.5, 0.6) is 0 Å². The van der Waals surface area contributed by atoms with E-state index >= 15 is 0 Å². The summed E-state index contributed by atoms with van der Waals surface area (Å²) in [5.41, 5.74) is -0.0660. The van der Waals surface area contributed by atoms with Gasteiger partial charge in [0.15, 0.2) is 0 Å². The minimum absolute atomic E-state index is 0.271. The van der Waals surface area contributed by atoms with E-state index in [-0.39, 0.29) is 12.5 Å². The van der Waals surface area contributed by atoms with Gasteiger partial charge in [-0.05, 0) is 25.0 Å². The Morgan fingerprint density at radius 2 is 2.05 bits per heavy atom. The zero-order chi connectivity index (χ0) is 13.7. The number of H-pyrrole nitrogens is 1. The molecule has 0 unspecified atom stereocenters. The molecule has 0 radical (unpaired) electrons. The Labute approximate surface area is 112 Å². The number of aliphatic hydroxyl groups is 1. The molecule has 1 saturated carbocycles. The highest BCUT2D eigenvalue weighted by atomic mass is 16.3. The summed E-state index contributed by atoms with van der Waals surface area (Å²) in [7, 11) is 0. The average molecular weight is 261 g/mol. The Bertz CT molecular complexity index is 479. The predicted octanol–water partition coefficient (Wildman–Crippen LogP) is 1.70. The van der Waals surface area contributed by atoms with Gasteiger partial charge in [0.25, 0.3) is 5.91 Å². The highest BCUT2D eigenvalue weighted by Gasteiger charge is 2.28. The van der Waals surface area contributed by atoms with Crippen LogP contribution < -0.4 is 5.32 Å². The van der Waals surface area contributed by atoms with Gasteiger partial charge in [-0.3, -0.25) is 4.79 Å². The molecule has 1 aliphatic carbocycles. The number of nitrogens with zero attached hydrogens (tertiary/aromatic N) is 1. The number of hydrogen-bond donors (Lipinski definition) is 3. The number of nitrogens with one attached hydrogen (secondary N) is 2. The second-order valence-electron chi connectivity index (χ2n) is 5.22. The van der Waals surface area contributed by atoms with Crippen molar-refractivity contribution in [1.82, 2.24) is 10.3 Å². The summed E-state index contributed by atoms with van der Waals surface area (Å²) in [6.45, 7) is 0.271. The summed E-state index contributed by atoms with van der Waals surface area (Å²) >= 11 is 0. The van der Waals surface area contributed by atoms with Crippen LogP contribution in [0.15, 0.2) is 12.1 Å². The first kappa shape index (κ1) is 13.6. The smallest absolute Gasteiger partial charge is 0.267 e. The van der Waals surface area contributed by atoms with Crippen molar-refractivity contribution in [3.05, 3.63) is 23.5 Å². The molecule has 0 atom stereocenters. The van der Waals surface area contributed by atoms with Gasteiger partial charge < -0.3 is 15.4 Å². The molecule has 19 heavy (non-hydrogen) atoms. The second-order valence-corrected chi connectivity index (χ2v) is 5.22. The first-order chi connectivity index (χ1) is 9.13. The molecule has 0 spiro atoms. The molecule has 0 aromatic carbocycles. The van der Waals surface area contributed by atoms with Crippen molar-refractivity contribution in [2.45, 2.75) is 44.1 Å². The van der Waals surface area contributed by atoms with Gasteiger partial charge in [0, 0.05) is 6.54 Å². The van der Waals surface area contributed by atoms with Crippen molar-refractivity contribution in [2.75, 3.05) is 6.54 Å². The van der Waals surface area contributed by atoms with Crippen LogP contribution in [0.3, 0.4) is 0 Å². The number of aromatic amines is 1. The number of rotatable bonds is 3. The van der Waals surface area contributed by atoms with Crippen molar-refractivity contribution < 1.29 is 9.90 Å². The number of carbonyl (C=O) groups is 1. The van der Waals surface area contributed by atoms with Gasteiger partial charge >= 0.3 is 0 Å². The lowest BCUT2D eigenvalue weighted by Gasteiger charge is -2.26. The van der Waals surface area contributed by atoms with Gasteiger partial charge in [-0.1, -0.05) is 25.7 Å². The molecular weight excluding hydrogens is 242 g/mol. The van der Waals surface area contributed by atoms with E-state index in [1.165, 1.54) is 0 Å². The molecule has 0 bridgehead atoms. The Morgan fingerprint density at radius 1 is 1.37 bits per heavy atom. The maximum absolute atomic E-state index is 11.9. The molecule has 2 rings (SSSR count). The molecular formula is C14H19N3O2. The van der Waals surface area contributed by atoms with Crippen molar-refractivity contribution in [2.24, 2.45) is 0 Å². The van der Waals surface area contributed by atoms with Crippen LogP contribution in [0, 0.1) is 11.3 Å². The molecule has 1 heterocycles. The Morgan fingerprint density at radius 3 is 2.63 bits per heavy atom. The fourth-order valence-corrected chi connectivity index (χ4v) is 2.50. The van der Waals surface area contributed by atoms with Gasteiger partial charge in [0.1, 0.15) is 17.5 Å². The maximum atomic E-state index is 11.9. The molecule has 5 nitrogen and oxygen atoms in total. The van der Waals surface area contributed by atoms with Gasteiger partial charge in [0.05, 0.1) is 5.60 Å². The second kappa shape index (κ2) is 5.89. The molecule has 0 saturated heterocycles. The van der Waals surface area contributed by atoms with E-state index in [2.05, 4.69) is 10.3 Å². The van der Waals surface area contributed by atoms with Crippen molar-refractivity contribution in [3.63, 3.8) is 0 Å². The van der Waals surface area contributed by atoms with Crippen molar-refractivity contribution in [1.29, 1.82) is 5.26 Å². The number of nitriles is 1. The molecule has 102 valence electrons. The monoisotopic (exact) mass is 261 g/mol. The van der Waals surface area contributed by atoms with E-state index in [0.29, 0.717) is 11.4 Å². The average Bonchev–Trinajstić information content (AvgIpc) is 2.79. The SMILES string of the molecule is N#Cc1ccc(C(=O)NCC2(O)CCCCCC2)[nH]1. The summed E-state index contributed by atoms with van der Waals surface area (Å²) in [6.07, 6.45) is 5.79. The van der Waals surface area contributed by atoms with E-state index in [0.717, 1.165) is 38.5 Å². The summed E-state index contributed by atoms with van der Waals surface area (Å²) in [6, 6.07) is 5.08. The number of carbonyl (C=O) groups excluding carboxylic acids is 1. The predicted molar refractivity (Wildman–Crippen MR) is 70.5 cm³/mol. The van der Waals surface area contributed by atoms with Gasteiger partial charge in [-0.25, -0.2) is 0 Å². The molecule has 1 fully saturated rings. The summed E-state index contributed by atoms with van der Waals surface area (Å²) in [4.78, 5) is 14.6. The third-order valence-electron chi connectivity index (χ3n) is 3.66. The van der Waals surface area contributed by atoms with Crippen LogP contribution in [0.2, 0.25) is 0 Å². The van der Waals surface area contributed by atoms with Crippen LogP contribution in [0.1, 0.15) is 54.7 Å². The fourth-order valence-electron chi connectivity index (χ4n) is 2.50. The molecule has 3 N–H and O–H groups in total. The van der Waals surface area contributed by atoms with Crippen LogP contribution in [-0.2, 0) is 0 Å². The highest BCUT2D eigenvalue weighted by Crippen LogP contribution is 2.26. The minimum atomic E-state index is -0.781. The van der Waals surface area contributed by atoms with Crippen molar-refractivity contribution >= 4 is 5.91 Å². The Balaban J connectivity index is 1.90. The first-order valence-corrected chi connectivity index (χ1v) is 6.73. The van der Waals surface area contributed by atoms with E-state index in [1.54, 1.807) is 12.1 Å². The van der Waals surface area contributed by atoms with Gasteiger partial charge in [-0.2, -0.15) is 5.26 Å². The molecule has 1 aromatic heterocycles. The zero-order valence-electron chi connectivity index (χ0n) is 10.9. The highest BCUT2D eigenvalue weighted by molar-refractivity contribution is 5.92. The topological polar surface area (TPSA) is 88.9 Å². The molecule has 1 aliphatic rings. The van der Waals surface area contributed by atoms with Gasteiger partial charge in [-0.15, -0.1) is 0 Å². The van der Waals surface area contributed by atoms with E-state index < -0.39 is 5.60 Å². The number of aromatic nitrogens is 1. The van der Waals surface area contributed by atoms with E-state index in [1.807, 2.05) is 6.07 Å². The third-order valence-corrected chi connectivity index (χ3v) is 3.66. The normalized spacial score (nSPS) is 18.3. The third kappa shape index (κ3) is 3.58. The first-order valence-electron chi connectivity index (χ1n) is 6.73. The van der Waals surface area contributed by atoms with E-state index in [9.17, 15) is 9.90 Å². The summed E-state index contributed by atoms with van der Waals surface area (Å²) < 4.78 is 0. The zero-order valence-corrected chi connectivity index (χ0v) is 10.9. The quantitative estimate of drug-likeness (QED) is 0.723. The lowest BCUT2D eigenvalue weighted by atomic mass is 9.94. The van der Waals surface area contributed by atoms with Crippen LogP contribution in [-0.4, -0.2) is 28.1 Å². The number of amides is 1. The fraction of sp³-hybridized carbons (Fsp3) is 0.571. The van der Waals surface area contributed by atoms with Gasteiger partial charge in [0.2, 0.25) is 0 Å². The van der Waals surface area contributed by atoms with Crippen LogP contribution >= 0.6 is 0 Å². The maximum Gasteiger partial charge on any atom is 0.267 e.